The van der Waals surface area contributed by atoms with Crippen molar-refractivity contribution >= 4 is 35.5 Å². The molecule has 1 rings (SSSR count). The van der Waals surface area contributed by atoms with Crippen LogP contribution in [-0.2, 0) is 35.2 Å². The lowest BCUT2D eigenvalue weighted by molar-refractivity contribution is -0.143. The largest absolute Gasteiger partial charge is 0.480 e. The zero-order chi connectivity index (χ0) is 23.6. The standard InChI is InChI=1S/C16H24N8O7/c17-8(1-7-4-20-6-22-7)14(28)24-9(2-11(18)25)15(29)21-5-13(27)23-10(16(30)31)3-12(19)26/h4,6,8-10H,1-3,5,17H2,(H2,18,25)(H2,19,26)(H,20,22)(H,21,29)(H,23,27)(H,24,28)(H,30,31)/t8-,9-,10-/m0/s1. The van der Waals surface area contributed by atoms with Gasteiger partial charge in [0.05, 0.1) is 31.8 Å². The van der Waals surface area contributed by atoms with Crippen LogP contribution in [0, 0.1) is 0 Å². The topological polar surface area (TPSA) is 265 Å². The molecular weight excluding hydrogens is 416 g/mol. The van der Waals surface area contributed by atoms with Gasteiger partial charge < -0.3 is 43.2 Å². The summed E-state index contributed by atoms with van der Waals surface area (Å²) >= 11 is 0. The van der Waals surface area contributed by atoms with Crippen LogP contribution in [0.3, 0.4) is 0 Å². The smallest absolute Gasteiger partial charge is 0.326 e. The number of carboxylic acid groups (broad SMARTS) is 1. The molecular formula is C16H24N8O7. The molecule has 0 bridgehead atoms. The number of carbonyl (C=O) groups excluding carboxylic acids is 5. The first kappa shape index (κ1) is 25.0. The Balaban J connectivity index is 2.65. The van der Waals surface area contributed by atoms with Crippen molar-refractivity contribution in [1.82, 2.24) is 25.9 Å². The molecule has 15 nitrogen and oxygen atoms in total. The average molecular weight is 440 g/mol. The van der Waals surface area contributed by atoms with Gasteiger partial charge in [-0.05, 0) is 0 Å². The Morgan fingerprint density at radius 3 is 2.13 bits per heavy atom. The van der Waals surface area contributed by atoms with Crippen molar-refractivity contribution in [2.45, 2.75) is 37.4 Å². The number of rotatable bonds is 13. The van der Waals surface area contributed by atoms with Crippen LogP contribution in [0.4, 0.5) is 0 Å². The number of imidazole rings is 1. The highest BCUT2D eigenvalue weighted by Crippen LogP contribution is 1.99. The van der Waals surface area contributed by atoms with Gasteiger partial charge in [-0.1, -0.05) is 0 Å². The van der Waals surface area contributed by atoms with E-state index in [0.717, 1.165) is 0 Å². The number of primary amides is 2. The summed E-state index contributed by atoms with van der Waals surface area (Å²) in [6, 6.07) is -4.08. The van der Waals surface area contributed by atoms with Gasteiger partial charge in [0.15, 0.2) is 0 Å². The molecule has 0 fully saturated rings. The van der Waals surface area contributed by atoms with E-state index in [1.807, 2.05) is 5.32 Å². The van der Waals surface area contributed by atoms with Gasteiger partial charge in [-0.3, -0.25) is 24.0 Å². The number of hydrogen-bond donors (Lipinski definition) is 8. The van der Waals surface area contributed by atoms with Crippen molar-refractivity contribution in [3.8, 4) is 0 Å². The van der Waals surface area contributed by atoms with Crippen LogP contribution in [0.15, 0.2) is 12.5 Å². The van der Waals surface area contributed by atoms with E-state index in [1.54, 1.807) is 0 Å². The second-order valence-electron chi connectivity index (χ2n) is 6.47. The molecule has 170 valence electrons. The van der Waals surface area contributed by atoms with E-state index in [0.29, 0.717) is 5.69 Å². The van der Waals surface area contributed by atoms with E-state index < -0.39 is 73.0 Å². The highest BCUT2D eigenvalue weighted by molar-refractivity contribution is 5.95. The fourth-order valence-corrected chi connectivity index (χ4v) is 2.35. The van der Waals surface area contributed by atoms with Gasteiger partial charge >= 0.3 is 5.97 Å². The number of aromatic nitrogens is 2. The van der Waals surface area contributed by atoms with Gasteiger partial charge in [0.1, 0.15) is 12.1 Å². The quantitative estimate of drug-likeness (QED) is 0.146. The molecule has 0 radical (unpaired) electrons. The number of hydrogen-bond acceptors (Lipinski definition) is 8. The summed E-state index contributed by atoms with van der Waals surface area (Å²) in [5.41, 5.74) is 16.3. The summed E-state index contributed by atoms with van der Waals surface area (Å²) in [6.45, 7) is -0.702. The number of amides is 5. The van der Waals surface area contributed by atoms with Crippen molar-refractivity contribution in [3.05, 3.63) is 18.2 Å². The predicted octanol–water partition coefficient (Wildman–Crippen LogP) is -4.80. The number of nitrogens with zero attached hydrogens (tertiary/aromatic N) is 1. The summed E-state index contributed by atoms with van der Waals surface area (Å²) in [6.07, 6.45) is 1.71. The van der Waals surface area contributed by atoms with Crippen LogP contribution >= 0.6 is 0 Å². The Labute approximate surface area is 175 Å². The third kappa shape index (κ3) is 9.35. The average Bonchev–Trinajstić information content (AvgIpc) is 3.17. The lowest BCUT2D eigenvalue weighted by Gasteiger charge is -2.20. The van der Waals surface area contributed by atoms with Crippen molar-refractivity contribution in [2.24, 2.45) is 17.2 Å². The van der Waals surface area contributed by atoms with Gasteiger partial charge in [0.25, 0.3) is 0 Å². The van der Waals surface area contributed by atoms with Gasteiger partial charge in [-0.25, -0.2) is 9.78 Å². The highest BCUT2D eigenvalue weighted by atomic mass is 16.4. The fourth-order valence-electron chi connectivity index (χ4n) is 2.35. The van der Waals surface area contributed by atoms with E-state index in [9.17, 15) is 28.8 Å². The molecule has 31 heavy (non-hydrogen) atoms. The first-order valence-corrected chi connectivity index (χ1v) is 8.89. The van der Waals surface area contributed by atoms with Crippen LogP contribution in [-0.4, -0.2) is 75.2 Å². The Morgan fingerprint density at radius 1 is 1.00 bits per heavy atom. The van der Waals surface area contributed by atoms with E-state index in [2.05, 4.69) is 20.6 Å². The number of carbonyl (C=O) groups is 6. The minimum absolute atomic E-state index is 0.0790. The molecule has 0 aliphatic carbocycles. The summed E-state index contributed by atoms with van der Waals surface area (Å²) in [5.74, 6) is -5.98. The van der Waals surface area contributed by atoms with Gasteiger partial charge in [-0.15, -0.1) is 0 Å². The van der Waals surface area contributed by atoms with Crippen LogP contribution in [0.2, 0.25) is 0 Å². The van der Waals surface area contributed by atoms with E-state index in [4.69, 9.17) is 22.3 Å². The minimum Gasteiger partial charge on any atom is -0.480 e. The van der Waals surface area contributed by atoms with Crippen LogP contribution in [0.1, 0.15) is 18.5 Å². The second-order valence-corrected chi connectivity index (χ2v) is 6.47. The summed E-state index contributed by atoms with van der Waals surface area (Å²) in [4.78, 5) is 76.0. The molecule has 0 saturated carbocycles. The fraction of sp³-hybridized carbons (Fsp3) is 0.438. The Kier molecular flexibility index (Phi) is 9.58. The van der Waals surface area contributed by atoms with Gasteiger partial charge in [-0.2, -0.15) is 0 Å². The Hall–Kier alpha value is -4.01. The lowest BCUT2D eigenvalue weighted by Crippen LogP contribution is -2.55. The Bertz CT molecular complexity index is 826. The normalized spacial score (nSPS) is 13.3. The Morgan fingerprint density at radius 2 is 1.61 bits per heavy atom. The molecule has 3 atom stereocenters. The second kappa shape index (κ2) is 11.9. The molecule has 1 aromatic heterocycles. The third-order valence-corrected chi connectivity index (χ3v) is 3.83. The number of H-pyrrole nitrogens is 1. The van der Waals surface area contributed by atoms with Crippen molar-refractivity contribution in [1.29, 1.82) is 0 Å². The van der Waals surface area contributed by atoms with Crippen molar-refractivity contribution < 1.29 is 33.9 Å². The number of aliphatic carboxylic acids is 1. The third-order valence-electron chi connectivity index (χ3n) is 3.83. The maximum atomic E-state index is 12.3. The van der Waals surface area contributed by atoms with E-state index >= 15 is 0 Å². The monoisotopic (exact) mass is 440 g/mol. The van der Waals surface area contributed by atoms with E-state index in [-0.39, 0.29) is 6.42 Å². The molecule has 0 aliphatic heterocycles. The molecule has 1 heterocycles. The highest BCUT2D eigenvalue weighted by Gasteiger charge is 2.27. The van der Waals surface area contributed by atoms with Crippen LogP contribution < -0.4 is 33.2 Å². The minimum atomic E-state index is -1.58. The number of carboxylic acids is 1. The van der Waals surface area contributed by atoms with Crippen LogP contribution in [0.5, 0.6) is 0 Å². The zero-order valence-corrected chi connectivity index (χ0v) is 16.3. The molecule has 1 aromatic rings. The number of nitrogens with two attached hydrogens (primary N) is 3. The molecule has 15 heteroatoms. The SMILES string of the molecule is NC(=O)C[C@H](NC(=O)CNC(=O)[C@H](CC(N)=O)NC(=O)[C@@H](N)Cc1cnc[nH]1)C(=O)O. The molecule has 11 N–H and O–H groups in total. The molecule has 0 spiro atoms. The van der Waals surface area contributed by atoms with Crippen molar-refractivity contribution in [3.63, 3.8) is 0 Å². The summed E-state index contributed by atoms with van der Waals surface area (Å²) < 4.78 is 0. The van der Waals surface area contributed by atoms with Crippen molar-refractivity contribution in [2.75, 3.05) is 6.54 Å². The first-order valence-electron chi connectivity index (χ1n) is 8.89. The number of nitrogens with one attached hydrogen (secondary N) is 4. The molecule has 0 saturated heterocycles. The lowest BCUT2D eigenvalue weighted by atomic mass is 10.1. The molecule has 5 amide bonds. The first-order chi connectivity index (χ1) is 14.5. The zero-order valence-electron chi connectivity index (χ0n) is 16.3. The van der Waals surface area contributed by atoms with E-state index in [1.165, 1.54) is 12.5 Å². The maximum Gasteiger partial charge on any atom is 0.326 e. The summed E-state index contributed by atoms with van der Waals surface area (Å²) in [7, 11) is 0. The molecule has 0 aliphatic rings. The van der Waals surface area contributed by atoms with Crippen LogP contribution in [0.25, 0.3) is 0 Å². The van der Waals surface area contributed by atoms with Gasteiger partial charge in [0, 0.05) is 18.3 Å². The number of aromatic amines is 1. The summed E-state index contributed by atoms with van der Waals surface area (Å²) in [5, 5.41) is 15.4. The maximum absolute atomic E-state index is 12.3. The molecule has 0 unspecified atom stereocenters. The predicted molar refractivity (Wildman–Crippen MR) is 102 cm³/mol. The van der Waals surface area contributed by atoms with Gasteiger partial charge in [0.2, 0.25) is 29.5 Å². The molecule has 0 aromatic carbocycles.